The number of fused-ring (bicyclic) bond motifs is 6. The first kappa shape index (κ1) is 23.1. The normalized spacial score (nSPS) is 30.7. The summed E-state index contributed by atoms with van der Waals surface area (Å²) in [7, 11) is 0. The molecule has 2 aliphatic carbocycles. The molecule has 0 bridgehead atoms. The fraction of sp³-hybridized carbons (Fsp3) is 0.571. The van der Waals surface area contributed by atoms with Crippen LogP contribution in [0.4, 0.5) is 0 Å². The SMILES string of the molecule is CC1CCCC(C)C1c1cnc2n1c1ccc[c-]c1c1ncc(C3C(C)CCCC3C)n12.[Ir]. The van der Waals surface area contributed by atoms with Gasteiger partial charge in [-0.15, -0.1) is 24.3 Å². The number of aromatic nitrogens is 4. The quantitative estimate of drug-likeness (QED) is 0.226. The molecule has 177 valence electrons. The van der Waals surface area contributed by atoms with Gasteiger partial charge in [0.15, 0.2) is 0 Å². The van der Waals surface area contributed by atoms with Gasteiger partial charge >= 0.3 is 0 Å². The van der Waals surface area contributed by atoms with E-state index in [4.69, 9.17) is 9.97 Å². The topological polar surface area (TPSA) is 34.6 Å². The van der Waals surface area contributed by atoms with Crippen molar-refractivity contribution in [2.24, 2.45) is 23.7 Å². The molecule has 4 atom stereocenters. The molecular formula is C28H35IrN4-. The molecule has 4 unspecified atom stereocenters. The maximum atomic E-state index is 5.09. The minimum Gasteiger partial charge on any atom is -0.324 e. The van der Waals surface area contributed by atoms with Gasteiger partial charge in [-0.05, 0) is 29.2 Å². The van der Waals surface area contributed by atoms with Crippen LogP contribution in [0, 0.1) is 29.7 Å². The van der Waals surface area contributed by atoms with Crippen molar-refractivity contribution in [3.05, 3.63) is 48.0 Å². The van der Waals surface area contributed by atoms with Gasteiger partial charge in [0.05, 0.1) is 11.8 Å². The van der Waals surface area contributed by atoms with E-state index in [1.54, 1.807) is 0 Å². The van der Waals surface area contributed by atoms with Crippen molar-refractivity contribution in [2.75, 3.05) is 0 Å². The number of benzene rings is 1. The van der Waals surface area contributed by atoms with Gasteiger partial charge in [-0.25, -0.2) is 4.98 Å². The van der Waals surface area contributed by atoms with E-state index < -0.39 is 0 Å². The van der Waals surface area contributed by atoms with Crippen molar-refractivity contribution in [1.82, 2.24) is 18.8 Å². The Morgan fingerprint density at radius 3 is 1.94 bits per heavy atom. The summed E-state index contributed by atoms with van der Waals surface area (Å²) in [6.45, 7) is 9.71. The molecule has 5 heteroatoms. The molecule has 2 saturated carbocycles. The molecule has 1 aromatic carbocycles. The summed E-state index contributed by atoms with van der Waals surface area (Å²) in [6.07, 6.45) is 12.2. The molecule has 4 nitrogen and oxygen atoms in total. The zero-order valence-corrected chi connectivity index (χ0v) is 22.6. The summed E-state index contributed by atoms with van der Waals surface area (Å²) < 4.78 is 4.83. The van der Waals surface area contributed by atoms with Gasteiger partial charge < -0.3 is 8.80 Å². The van der Waals surface area contributed by atoms with Crippen LogP contribution >= 0.6 is 0 Å². The van der Waals surface area contributed by atoms with Crippen LogP contribution < -0.4 is 0 Å². The molecule has 3 aromatic heterocycles. The Morgan fingerprint density at radius 1 is 0.788 bits per heavy atom. The maximum Gasteiger partial charge on any atom is 0.203 e. The van der Waals surface area contributed by atoms with Crippen molar-refractivity contribution in [2.45, 2.75) is 78.1 Å². The van der Waals surface area contributed by atoms with Gasteiger partial charge in [0, 0.05) is 49.5 Å². The van der Waals surface area contributed by atoms with Crippen molar-refractivity contribution in [3.8, 4) is 0 Å². The van der Waals surface area contributed by atoms with Crippen molar-refractivity contribution < 1.29 is 20.1 Å². The third-order valence-electron chi connectivity index (χ3n) is 8.83. The Kier molecular flexibility index (Phi) is 6.16. The molecule has 2 fully saturated rings. The zero-order valence-electron chi connectivity index (χ0n) is 20.2. The van der Waals surface area contributed by atoms with Crippen LogP contribution in [0.5, 0.6) is 0 Å². The van der Waals surface area contributed by atoms with Gasteiger partial charge in [0.1, 0.15) is 0 Å². The van der Waals surface area contributed by atoms with Gasteiger partial charge in [0.2, 0.25) is 5.78 Å². The van der Waals surface area contributed by atoms with E-state index in [1.807, 2.05) is 6.07 Å². The summed E-state index contributed by atoms with van der Waals surface area (Å²) in [6, 6.07) is 9.89. The Balaban J connectivity index is 0.00000228. The second kappa shape index (κ2) is 8.82. The molecule has 0 saturated heterocycles. The number of nitrogens with zero attached hydrogens (tertiary/aromatic N) is 4. The van der Waals surface area contributed by atoms with E-state index in [1.165, 1.54) is 55.4 Å². The third-order valence-corrected chi connectivity index (χ3v) is 8.83. The van der Waals surface area contributed by atoms with Crippen molar-refractivity contribution in [1.29, 1.82) is 0 Å². The number of imidazole rings is 2. The van der Waals surface area contributed by atoms with E-state index in [0.29, 0.717) is 35.5 Å². The Morgan fingerprint density at radius 2 is 1.33 bits per heavy atom. The van der Waals surface area contributed by atoms with Crippen LogP contribution in [0.1, 0.15) is 89.4 Å². The Labute approximate surface area is 210 Å². The molecule has 33 heavy (non-hydrogen) atoms. The van der Waals surface area contributed by atoms with E-state index in [-0.39, 0.29) is 20.1 Å². The molecule has 2 aliphatic rings. The average Bonchev–Trinajstić information content (AvgIpc) is 3.39. The first-order chi connectivity index (χ1) is 15.6. The second-order valence-corrected chi connectivity index (χ2v) is 10.9. The first-order valence-electron chi connectivity index (χ1n) is 12.7. The number of rotatable bonds is 2. The molecule has 4 aromatic rings. The van der Waals surface area contributed by atoms with Crippen LogP contribution in [0.25, 0.3) is 22.3 Å². The van der Waals surface area contributed by atoms with Crippen LogP contribution in [-0.2, 0) is 20.1 Å². The maximum absolute atomic E-state index is 5.09. The molecule has 0 spiro atoms. The number of hydrogen-bond acceptors (Lipinski definition) is 2. The second-order valence-electron chi connectivity index (χ2n) is 10.9. The predicted octanol–water partition coefficient (Wildman–Crippen LogP) is 7.01. The van der Waals surface area contributed by atoms with Gasteiger partial charge in [-0.3, -0.25) is 4.98 Å². The van der Waals surface area contributed by atoms with Crippen LogP contribution in [-0.4, -0.2) is 18.8 Å². The minimum absolute atomic E-state index is 0. The monoisotopic (exact) mass is 620 g/mol. The fourth-order valence-electron chi connectivity index (χ4n) is 7.30. The van der Waals surface area contributed by atoms with Crippen LogP contribution in [0.15, 0.2) is 30.6 Å². The first-order valence-corrected chi connectivity index (χ1v) is 12.7. The molecule has 6 rings (SSSR count). The summed E-state index contributed by atoms with van der Waals surface area (Å²) in [5.41, 5.74) is 4.91. The van der Waals surface area contributed by atoms with Gasteiger partial charge in [0.25, 0.3) is 0 Å². The summed E-state index contributed by atoms with van der Waals surface area (Å²) in [5.74, 6) is 4.79. The van der Waals surface area contributed by atoms with E-state index in [0.717, 1.165) is 16.8 Å². The summed E-state index contributed by atoms with van der Waals surface area (Å²) in [5, 5.41) is 1.11. The van der Waals surface area contributed by atoms with E-state index in [9.17, 15) is 0 Å². The Hall–Kier alpha value is -1.71. The summed E-state index contributed by atoms with van der Waals surface area (Å²) >= 11 is 0. The van der Waals surface area contributed by atoms with Crippen LogP contribution in [0.2, 0.25) is 0 Å². The van der Waals surface area contributed by atoms with Crippen LogP contribution in [0.3, 0.4) is 0 Å². The van der Waals surface area contributed by atoms with E-state index in [2.05, 4.69) is 67.1 Å². The smallest absolute Gasteiger partial charge is 0.203 e. The van der Waals surface area contributed by atoms with Gasteiger partial charge in [-0.2, -0.15) is 0 Å². The molecular weight excluding hydrogens is 585 g/mol. The number of hydrogen-bond donors (Lipinski definition) is 0. The Bertz CT molecular complexity index is 1270. The zero-order chi connectivity index (χ0) is 22.0. The average molecular weight is 620 g/mol. The molecule has 3 heterocycles. The molecule has 0 aliphatic heterocycles. The molecule has 0 amide bonds. The molecule has 0 N–H and O–H groups in total. The largest absolute Gasteiger partial charge is 0.324 e. The predicted molar refractivity (Wildman–Crippen MR) is 130 cm³/mol. The van der Waals surface area contributed by atoms with E-state index >= 15 is 0 Å². The van der Waals surface area contributed by atoms with Gasteiger partial charge in [-0.1, -0.05) is 71.6 Å². The van der Waals surface area contributed by atoms with Crippen molar-refractivity contribution >= 4 is 22.3 Å². The van der Waals surface area contributed by atoms with Crippen molar-refractivity contribution in [3.63, 3.8) is 0 Å². The fourth-order valence-corrected chi connectivity index (χ4v) is 7.30. The standard InChI is InChI=1S/C28H35N4.Ir/c1-17-9-7-10-18(2)25(17)23-16-30-28-31(23)22-14-6-5-13-21(22)27-29-15-24(32(27)28)26-19(3)11-8-12-20(26)4;/h5-6,14-20,25-26H,7-12H2,1-4H3;/q-1;. The minimum atomic E-state index is 0. The molecule has 1 radical (unpaired) electrons. The third kappa shape index (κ3) is 3.49. The summed E-state index contributed by atoms with van der Waals surface area (Å²) in [4.78, 5) is 10.1.